The number of hydrogen-bond donors (Lipinski definition) is 2. The molecule has 4 aromatic heterocycles. The van der Waals surface area contributed by atoms with Gasteiger partial charge in [0.15, 0.2) is 0 Å². The summed E-state index contributed by atoms with van der Waals surface area (Å²) in [7, 11) is 0. The number of carbonyl (C=O) groups is 1. The number of anilines is 1. The third-order valence-corrected chi connectivity index (χ3v) is 5.71. The van der Waals surface area contributed by atoms with Crippen molar-refractivity contribution in [3.63, 3.8) is 0 Å². The van der Waals surface area contributed by atoms with Crippen molar-refractivity contribution in [2.24, 2.45) is 0 Å². The predicted molar refractivity (Wildman–Crippen MR) is 134 cm³/mol. The summed E-state index contributed by atoms with van der Waals surface area (Å²) >= 11 is 0. The number of aromatic amines is 1. The Bertz CT molecular complexity index is 1690. The molecule has 0 unspecified atom stereocenters. The van der Waals surface area contributed by atoms with Gasteiger partial charge in [0.25, 0.3) is 5.91 Å². The Morgan fingerprint density at radius 1 is 0.917 bits per heavy atom. The second kappa shape index (κ2) is 8.88. The van der Waals surface area contributed by atoms with Crippen LogP contribution in [-0.2, 0) is 0 Å². The van der Waals surface area contributed by atoms with Gasteiger partial charge in [-0.05, 0) is 60.2 Å². The van der Waals surface area contributed by atoms with Crippen molar-refractivity contribution in [3.05, 3.63) is 109 Å². The first kappa shape index (κ1) is 21.4. The lowest BCUT2D eigenvalue weighted by molar-refractivity contribution is 0.102. The summed E-state index contributed by atoms with van der Waals surface area (Å²) in [5.74, 6) is -0.186. The second-order valence-corrected chi connectivity index (χ2v) is 8.08. The van der Waals surface area contributed by atoms with E-state index in [-0.39, 0.29) is 11.7 Å². The van der Waals surface area contributed by atoms with Crippen molar-refractivity contribution in [3.8, 4) is 28.1 Å². The van der Waals surface area contributed by atoms with Crippen LogP contribution >= 0.6 is 0 Å². The number of carbonyl (C=O) groups excluding carboxylic acids is 1. The monoisotopic (exact) mass is 475 g/mol. The van der Waals surface area contributed by atoms with Gasteiger partial charge >= 0.3 is 0 Å². The maximum atomic E-state index is 13.6. The Labute approximate surface area is 204 Å². The molecule has 6 rings (SSSR count). The Hall–Kier alpha value is -5.18. The molecule has 0 radical (unpaired) electrons. The van der Waals surface area contributed by atoms with Gasteiger partial charge in [-0.3, -0.25) is 14.9 Å². The van der Waals surface area contributed by atoms with Crippen LogP contribution in [0.1, 0.15) is 10.4 Å². The Morgan fingerprint density at radius 3 is 2.58 bits per heavy atom. The topological polar surface area (TPSA) is 101 Å². The molecule has 0 spiro atoms. The third-order valence-electron chi connectivity index (χ3n) is 5.71. The van der Waals surface area contributed by atoms with Gasteiger partial charge in [-0.15, -0.1) is 0 Å². The molecule has 0 aliphatic rings. The number of pyridine rings is 2. The molecule has 0 aliphatic carbocycles. The van der Waals surface area contributed by atoms with Gasteiger partial charge in [0, 0.05) is 35.3 Å². The molecule has 0 atom stereocenters. The van der Waals surface area contributed by atoms with Crippen LogP contribution in [0.5, 0.6) is 0 Å². The maximum Gasteiger partial charge on any atom is 0.256 e. The van der Waals surface area contributed by atoms with Crippen molar-refractivity contribution in [2.45, 2.75) is 0 Å². The molecule has 36 heavy (non-hydrogen) atoms. The minimum Gasteiger partial charge on any atom is -0.307 e. The van der Waals surface area contributed by atoms with E-state index in [2.05, 4.69) is 25.5 Å². The van der Waals surface area contributed by atoms with Crippen LogP contribution in [-0.4, -0.2) is 35.9 Å². The van der Waals surface area contributed by atoms with E-state index in [1.165, 1.54) is 12.1 Å². The van der Waals surface area contributed by atoms with Gasteiger partial charge in [0.2, 0.25) is 0 Å². The number of H-pyrrole nitrogens is 1. The molecule has 0 saturated carbocycles. The summed E-state index contributed by atoms with van der Waals surface area (Å²) in [5.41, 5.74) is 5.66. The van der Waals surface area contributed by atoms with Gasteiger partial charge in [0.05, 0.1) is 11.9 Å². The van der Waals surface area contributed by atoms with E-state index in [9.17, 15) is 9.18 Å². The number of amides is 1. The van der Waals surface area contributed by atoms with E-state index in [0.717, 1.165) is 27.9 Å². The van der Waals surface area contributed by atoms with Gasteiger partial charge in [0.1, 0.15) is 28.4 Å². The minimum atomic E-state index is -0.331. The number of nitrogens with one attached hydrogen (secondary N) is 2. The Kier molecular flexibility index (Phi) is 5.27. The van der Waals surface area contributed by atoms with Gasteiger partial charge in [-0.1, -0.05) is 18.2 Å². The molecule has 8 nitrogen and oxygen atoms in total. The van der Waals surface area contributed by atoms with Gasteiger partial charge in [-0.2, -0.15) is 10.2 Å². The first-order valence-corrected chi connectivity index (χ1v) is 11.1. The van der Waals surface area contributed by atoms with Crippen molar-refractivity contribution < 1.29 is 9.18 Å². The summed E-state index contributed by atoms with van der Waals surface area (Å²) in [4.78, 5) is 21.4. The Morgan fingerprint density at radius 2 is 1.75 bits per heavy atom. The number of hydrogen-bond acceptors (Lipinski definition) is 5. The van der Waals surface area contributed by atoms with Crippen LogP contribution in [0, 0.1) is 5.82 Å². The van der Waals surface area contributed by atoms with E-state index in [1.807, 2.05) is 24.4 Å². The van der Waals surface area contributed by atoms with Crippen molar-refractivity contribution in [2.75, 3.05) is 5.32 Å². The molecular weight excluding hydrogens is 457 g/mol. The SMILES string of the molecule is O=C(Nc1cc(-c2cn(-c3cnc4c[nH]nc4c3)nc2-c2ccc(F)cc2)ccn1)c1ccccc1. The van der Waals surface area contributed by atoms with Crippen LogP contribution in [0.2, 0.25) is 0 Å². The molecule has 9 heteroatoms. The fourth-order valence-corrected chi connectivity index (χ4v) is 3.92. The summed E-state index contributed by atoms with van der Waals surface area (Å²) in [6.45, 7) is 0. The van der Waals surface area contributed by atoms with Crippen LogP contribution in [0.3, 0.4) is 0 Å². The maximum absolute atomic E-state index is 13.6. The summed E-state index contributed by atoms with van der Waals surface area (Å²) < 4.78 is 15.3. The third kappa shape index (κ3) is 4.09. The van der Waals surface area contributed by atoms with Crippen LogP contribution in [0.15, 0.2) is 97.6 Å². The zero-order valence-electron chi connectivity index (χ0n) is 18.8. The highest BCUT2D eigenvalue weighted by Gasteiger charge is 2.16. The molecule has 0 aliphatic heterocycles. The molecule has 0 bridgehead atoms. The molecule has 0 saturated heterocycles. The number of fused-ring (bicyclic) bond motifs is 1. The fourth-order valence-electron chi connectivity index (χ4n) is 3.92. The second-order valence-electron chi connectivity index (χ2n) is 8.08. The van der Waals surface area contributed by atoms with E-state index < -0.39 is 0 Å². The quantitative estimate of drug-likeness (QED) is 0.354. The first-order chi connectivity index (χ1) is 17.6. The van der Waals surface area contributed by atoms with Gasteiger partial charge in [-0.25, -0.2) is 14.1 Å². The lowest BCUT2D eigenvalue weighted by atomic mass is 10.0. The van der Waals surface area contributed by atoms with Gasteiger partial charge < -0.3 is 5.32 Å². The zero-order valence-corrected chi connectivity index (χ0v) is 18.8. The largest absolute Gasteiger partial charge is 0.307 e. The number of benzene rings is 2. The Balaban J connectivity index is 1.42. The normalized spacial score (nSPS) is 11.0. The average Bonchev–Trinajstić information content (AvgIpc) is 3.57. The number of halogens is 1. The molecule has 6 aromatic rings. The lowest BCUT2D eigenvalue weighted by Crippen LogP contribution is -2.12. The molecule has 1 amide bonds. The van der Waals surface area contributed by atoms with Crippen molar-refractivity contribution in [1.82, 2.24) is 29.9 Å². The zero-order chi connectivity index (χ0) is 24.5. The molecule has 0 fully saturated rings. The van der Waals surface area contributed by atoms with Crippen LogP contribution in [0.25, 0.3) is 39.1 Å². The van der Waals surface area contributed by atoms with E-state index >= 15 is 0 Å². The standard InChI is InChI=1S/C27H18FN7O/c28-20-8-6-17(7-9-20)26-22(16-35(34-26)21-13-23-24(30-14-21)15-31-33-23)19-10-11-29-25(12-19)32-27(36)18-4-2-1-3-5-18/h1-16H,(H,31,33)(H,29,32,36). The number of nitrogens with zero attached hydrogens (tertiary/aromatic N) is 5. The highest BCUT2D eigenvalue weighted by atomic mass is 19.1. The van der Waals surface area contributed by atoms with Crippen molar-refractivity contribution in [1.29, 1.82) is 0 Å². The molecule has 174 valence electrons. The molecular formula is C27H18FN7O. The molecule has 2 aromatic carbocycles. The smallest absolute Gasteiger partial charge is 0.256 e. The lowest BCUT2D eigenvalue weighted by Gasteiger charge is -2.07. The first-order valence-electron chi connectivity index (χ1n) is 11.1. The molecule has 2 N–H and O–H groups in total. The van der Waals surface area contributed by atoms with E-state index in [4.69, 9.17) is 5.10 Å². The highest BCUT2D eigenvalue weighted by Crippen LogP contribution is 2.33. The molecule has 4 heterocycles. The minimum absolute atomic E-state index is 0.256. The number of rotatable bonds is 5. The summed E-state index contributed by atoms with van der Waals surface area (Å²) in [6.07, 6.45) is 6.92. The summed E-state index contributed by atoms with van der Waals surface area (Å²) in [5, 5.41) is 14.6. The van der Waals surface area contributed by atoms with Crippen LogP contribution < -0.4 is 5.32 Å². The number of aromatic nitrogens is 6. The van der Waals surface area contributed by atoms with E-state index in [1.54, 1.807) is 65.7 Å². The summed E-state index contributed by atoms with van der Waals surface area (Å²) in [6, 6.07) is 20.6. The highest BCUT2D eigenvalue weighted by molar-refractivity contribution is 6.04. The average molecular weight is 475 g/mol. The van der Waals surface area contributed by atoms with Crippen LogP contribution in [0.4, 0.5) is 10.2 Å². The predicted octanol–water partition coefficient (Wildman–Crippen LogP) is 5.26. The fraction of sp³-hybridized carbons (Fsp3) is 0. The van der Waals surface area contributed by atoms with E-state index in [0.29, 0.717) is 22.6 Å². The van der Waals surface area contributed by atoms with Crippen molar-refractivity contribution >= 4 is 22.8 Å².